The van der Waals surface area contributed by atoms with Gasteiger partial charge in [-0.3, -0.25) is 4.90 Å². The van der Waals surface area contributed by atoms with Crippen LogP contribution in [0.3, 0.4) is 0 Å². The summed E-state index contributed by atoms with van der Waals surface area (Å²) >= 11 is 5.96. The van der Waals surface area contributed by atoms with E-state index in [9.17, 15) is 8.78 Å². The van der Waals surface area contributed by atoms with Crippen LogP contribution in [0.15, 0.2) is 42.6 Å². The Bertz CT molecular complexity index is 898. The van der Waals surface area contributed by atoms with Gasteiger partial charge in [-0.25, -0.2) is 13.8 Å². The van der Waals surface area contributed by atoms with E-state index < -0.39 is 24.0 Å². The van der Waals surface area contributed by atoms with E-state index in [4.69, 9.17) is 21.6 Å². The van der Waals surface area contributed by atoms with Crippen molar-refractivity contribution < 1.29 is 13.5 Å². The van der Waals surface area contributed by atoms with Crippen molar-refractivity contribution in [1.29, 1.82) is 5.26 Å². The van der Waals surface area contributed by atoms with Crippen LogP contribution in [0.1, 0.15) is 29.7 Å². The minimum absolute atomic E-state index is 0.354. The van der Waals surface area contributed by atoms with Gasteiger partial charge in [-0.2, -0.15) is 5.26 Å². The molecule has 1 aromatic carbocycles. The highest BCUT2D eigenvalue weighted by Crippen LogP contribution is 2.50. The van der Waals surface area contributed by atoms with E-state index in [1.165, 1.54) is 0 Å². The first-order valence-electron chi connectivity index (χ1n) is 9.71. The minimum Gasteiger partial charge on any atom is -0.365 e. The molecule has 0 bridgehead atoms. The van der Waals surface area contributed by atoms with Crippen LogP contribution in [0.5, 0.6) is 0 Å². The minimum atomic E-state index is -2.78. The molecule has 4 nitrogen and oxygen atoms in total. The van der Waals surface area contributed by atoms with Crippen LogP contribution in [-0.2, 0) is 17.7 Å². The van der Waals surface area contributed by atoms with Gasteiger partial charge in [0.15, 0.2) is 0 Å². The number of rotatable bonds is 6. The molecule has 152 valence electrons. The third kappa shape index (κ3) is 4.28. The molecule has 0 radical (unpaired) electrons. The van der Waals surface area contributed by atoms with Crippen LogP contribution < -0.4 is 0 Å². The molecule has 29 heavy (non-hydrogen) atoms. The Balaban J connectivity index is 1.48. The first-order valence-corrected chi connectivity index (χ1v) is 10.1. The Kier molecular flexibility index (Phi) is 5.56. The largest absolute Gasteiger partial charge is 0.365 e. The van der Waals surface area contributed by atoms with Gasteiger partial charge in [0.05, 0.1) is 0 Å². The molecule has 2 aliphatic rings. The molecule has 2 aromatic rings. The molecule has 7 heteroatoms. The lowest BCUT2D eigenvalue weighted by atomic mass is 9.72. The number of hydrogen-bond donors (Lipinski definition) is 0. The van der Waals surface area contributed by atoms with Crippen LogP contribution in [0.4, 0.5) is 8.78 Å². The third-order valence-corrected chi connectivity index (χ3v) is 6.27. The summed E-state index contributed by atoms with van der Waals surface area (Å²) in [6.45, 7) is 1.54. The molecule has 0 aliphatic carbocycles. The molecule has 3 heterocycles. The average molecular weight is 418 g/mol. The van der Waals surface area contributed by atoms with Gasteiger partial charge in [-0.1, -0.05) is 29.8 Å². The Hall–Kier alpha value is -2.07. The number of pyridine rings is 1. The lowest BCUT2D eigenvalue weighted by Gasteiger charge is -2.48. The molecule has 2 saturated heterocycles. The molecule has 0 spiro atoms. The quantitative estimate of drug-likeness (QED) is 0.696. The van der Waals surface area contributed by atoms with Crippen molar-refractivity contribution in [2.24, 2.45) is 5.41 Å². The highest BCUT2D eigenvalue weighted by atomic mass is 35.5. The van der Waals surface area contributed by atoms with Crippen LogP contribution in [0, 0.1) is 16.7 Å². The van der Waals surface area contributed by atoms with Crippen LogP contribution in [0.25, 0.3) is 0 Å². The fourth-order valence-corrected chi connectivity index (χ4v) is 4.59. The maximum absolute atomic E-state index is 14.3. The second-order valence-corrected chi connectivity index (χ2v) is 8.50. The maximum Gasteiger partial charge on any atom is 0.297 e. The van der Waals surface area contributed by atoms with E-state index in [0.29, 0.717) is 43.1 Å². The highest BCUT2D eigenvalue weighted by Gasteiger charge is 2.61. The lowest BCUT2D eigenvalue weighted by Crippen LogP contribution is -2.61. The third-order valence-electron chi connectivity index (χ3n) is 6.02. The predicted molar refractivity (Wildman–Crippen MR) is 106 cm³/mol. The van der Waals surface area contributed by atoms with Gasteiger partial charge < -0.3 is 4.74 Å². The molecule has 2 fully saturated rings. The number of hydrogen-bond acceptors (Lipinski definition) is 4. The van der Waals surface area contributed by atoms with Crippen molar-refractivity contribution in [1.82, 2.24) is 9.88 Å². The predicted octanol–water partition coefficient (Wildman–Crippen LogP) is 4.47. The second kappa shape index (κ2) is 7.98. The summed E-state index contributed by atoms with van der Waals surface area (Å²) in [5.41, 5.74) is 1.82. The molecule has 0 amide bonds. The van der Waals surface area contributed by atoms with Gasteiger partial charge >= 0.3 is 0 Å². The summed E-state index contributed by atoms with van der Waals surface area (Å²) in [5.74, 6) is -2.78. The van der Waals surface area contributed by atoms with E-state index in [1.807, 2.05) is 36.4 Å². The summed E-state index contributed by atoms with van der Waals surface area (Å²) in [4.78, 5) is 6.31. The summed E-state index contributed by atoms with van der Waals surface area (Å²) in [6, 6.07) is 13.1. The van der Waals surface area contributed by atoms with E-state index in [2.05, 4.69) is 9.88 Å². The van der Waals surface area contributed by atoms with E-state index >= 15 is 0 Å². The number of aromatic nitrogens is 1. The lowest BCUT2D eigenvalue weighted by molar-refractivity contribution is -0.301. The average Bonchev–Trinajstić information content (AvgIpc) is 3.11. The van der Waals surface area contributed by atoms with Crippen molar-refractivity contribution >= 4 is 11.6 Å². The monoisotopic (exact) mass is 417 g/mol. The number of halogens is 3. The number of benzene rings is 1. The Morgan fingerprint density at radius 2 is 1.97 bits per heavy atom. The SMILES string of the molecule is N#Cc1ccc(CC[C@@]2(C3OCC3(F)F)CCN(Cc3ccc(Cl)cc3)C2)cn1. The Labute approximate surface area is 174 Å². The molecule has 1 aromatic heterocycles. The first kappa shape index (κ1) is 20.2. The highest BCUT2D eigenvalue weighted by molar-refractivity contribution is 6.30. The Morgan fingerprint density at radius 1 is 1.21 bits per heavy atom. The van der Waals surface area contributed by atoms with Crippen LogP contribution in [-0.4, -0.2) is 41.6 Å². The smallest absolute Gasteiger partial charge is 0.297 e. The molecule has 4 rings (SSSR count). The first-order chi connectivity index (χ1) is 13.9. The normalized spacial score (nSPS) is 26.1. The number of nitrogens with zero attached hydrogens (tertiary/aromatic N) is 3. The fraction of sp³-hybridized carbons (Fsp3) is 0.455. The molecule has 2 aliphatic heterocycles. The van der Waals surface area contributed by atoms with Crippen molar-refractivity contribution in [3.8, 4) is 6.07 Å². The summed E-state index contributed by atoms with van der Waals surface area (Å²) in [5, 5.41) is 9.57. The molecule has 2 atom stereocenters. The van der Waals surface area contributed by atoms with Crippen LogP contribution in [0.2, 0.25) is 5.02 Å². The van der Waals surface area contributed by atoms with Crippen molar-refractivity contribution in [3.05, 3.63) is 64.4 Å². The number of alkyl halides is 2. The second-order valence-electron chi connectivity index (χ2n) is 8.07. The van der Waals surface area contributed by atoms with E-state index in [0.717, 1.165) is 17.7 Å². The van der Waals surface area contributed by atoms with Gasteiger partial charge in [0.25, 0.3) is 5.92 Å². The van der Waals surface area contributed by atoms with E-state index in [-0.39, 0.29) is 0 Å². The zero-order valence-corrected chi connectivity index (χ0v) is 16.7. The van der Waals surface area contributed by atoms with E-state index in [1.54, 1.807) is 12.3 Å². The number of ether oxygens (including phenoxy) is 1. The van der Waals surface area contributed by atoms with Crippen molar-refractivity contribution in [2.75, 3.05) is 19.7 Å². The fourth-order valence-electron chi connectivity index (χ4n) is 4.47. The van der Waals surface area contributed by atoms with Gasteiger partial charge in [0.2, 0.25) is 0 Å². The standard InChI is InChI=1S/C22H22ClF2N3O/c23-18-4-1-17(2-5-18)13-28-10-9-21(14-28,20-22(24,25)15-29-20)8-7-16-3-6-19(11-26)27-12-16/h1-6,12,20H,7-10,13-15H2/t20?,21-/m1/s1. The summed E-state index contributed by atoms with van der Waals surface area (Å²) < 4.78 is 34.1. The Morgan fingerprint density at radius 3 is 2.55 bits per heavy atom. The van der Waals surface area contributed by atoms with Gasteiger partial charge in [0.1, 0.15) is 24.5 Å². The summed E-state index contributed by atoms with van der Waals surface area (Å²) in [6.07, 6.45) is 2.51. The number of nitriles is 1. The topological polar surface area (TPSA) is 49.1 Å². The number of aryl methyl sites for hydroxylation is 1. The molecular formula is C22H22ClF2N3O. The van der Waals surface area contributed by atoms with Gasteiger partial charge in [0, 0.05) is 29.7 Å². The molecule has 0 N–H and O–H groups in total. The zero-order valence-electron chi connectivity index (χ0n) is 16.0. The summed E-state index contributed by atoms with van der Waals surface area (Å²) in [7, 11) is 0. The molecule has 0 saturated carbocycles. The molecule has 1 unspecified atom stereocenters. The van der Waals surface area contributed by atoms with Crippen molar-refractivity contribution in [2.45, 2.75) is 37.8 Å². The molecular weight excluding hydrogens is 396 g/mol. The van der Waals surface area contributed by atoms with Crippen LogP contribution >= 0.6 is 11.6 Å². The van der Waals surface area contributed by atoms with Gasteiger partial charge in [-0.05, 0) is 55.1 Å². The van der Waals surface area contributed by atoms with Crippen molar-refractivity contribution in [3.63, 3.8) is 0 Å². The zero-order chi connectivity index (χ0) is 20.5. The maximum atomic E-state index is 14.3. The van der Waals surface area contributed by atoms with Gasteiger partial charge in [-0.15, -0.1) is 0 Å². The number of likely N-dealkylation sites (tertiary alicyclic amines) is 1.